The number of ether oxygens (including phenoxy) is 1. The number of carboxylic acids is 1. The van der Waals surface area contributed by atoms with Gasteiger partial charge >= 0.3 is 11.9 Å². The Morgan fingerprint density at radius 3 is 2.41 bits per heavy atom. The van der Waals surface area contributed by atoms with Crippen molar-refractivity contribution in [3.63, 3.8) is 0 Å². The molecule has 0 aliphatic rings. The van der Waals surface area contributed by atoms with Crippen LogP contribution in [0.15, 0.2) is 35.1 Å². The molecular weight excluding hydrogens is 685 g/mol. The summed E-state index contributed by atoms with van der Waals surface area (Å²) in [4.78, 5) is 68.3. The molecule has 3 rings (SSSR count). The van der Waals surface area contributed by atoms with Gasteiger partial charge in [-0.2, -0.15) is 0 Å². The normalized spacial score (nSPS) is 12.1. The van der Waals surface area contributed by atoms with Crippen LogP contribution < -0.4 is 20.5 Å². The second kappa shape index (κ2) is 16.6. The number of hydrogen-bond acceptors (Lipinski definition) is 10. The quantitative estimate of drug-likeness (QED) is 0.118. The summed E-state index contributed by atoms with van der Waals surface area (Å²) in [6.45, 7) is 8.43. The largest absolute Gasteiger partial charge is 0.480 e. The zero-order chi connectivity index (χ0) is 38.3. The van der Waals surface area contributed by atoms with E-state index < -0.39 is 62.2 Å². The fourth-order valence-corrected chi connectivity index (χ4v) is 5.53. The van der Waals surface area contributed by atoms with E-state index in [2.05, 4.69) is 16.2 Å². The highest BCUT2D eigenvalue weighted by Gasteiger charge is 2.25. The zero-order valence-corrected chi connectivity index (χ0v) is 30.1. The molecule has 0 aliphatic carbocycles. The number of anilines is 1. The summed E-state index contributed by atoms with van der Waals surface area (Å²) >= 11 is 0. The predicted octanol–water partition coefficient (Wildman–Crippen LogP) is 3.16. The molecule has 3 N–H and O–H groups in total. The highest BCUT2D eigenvalue weighted by molar-refractivity contribution is 7.89. The summed E-state index contributed by atoms with van der Waals surface area (Å²) in [7, 11) is -3.72. The van der Waals surface area contributed by atoms with Crippen LogP contribution in [0.4, 0.5) is 10.1 Å². The Morgan fingerprint density at radius 1 is 1.14 bits per heavy atom. The first-order valence-corrected chi connectivity index (χ1v) is 17.8. The molecule has 0 unspecified atom stereocenters. The number of nitrogens with one attached hydrogen (secondary N) is 2. The van der Waals surface area contributed by atoms with E-state index in [0.29, 0.717) is 22.6 Å². The molecule has 0 saturated heterocycles. The lowest BCUT2D eigenvalue weighted by Gasteiger charge is -2.24. The molecule has 274 valence electrons. The Bertz CT molecular complexity index is 2050. The maximum Gasteiger partial charge on any atom is 0.326 e. The number of hydrogen-bond donors (Lipinski definition) is 3. The van der Waals surface area contributed by atoms with Gasteiger partial charge < -0.3 is 20.1 Å². The lowest BCUT2D eigenvalue weighted by atomic mass is 9.98. The number of rotatable bonds is 15. The van der Waals surface area contributed by atoms with E-state index >= 15 is 4.39 Å². The minimum absolute atomic E-state index is 0.0326. The van der Waals surface area contributed by atoms with E-state index in [-0.39, 0.29) is 50.9 Å². The topological polar surface area (TPSA) is 194 Å². The van der Waals surface area contributed by atoms with Crippen LogP contribution in [-0.2, 0) is 42.4 Å². The predicted molar refractivity (Wildman–Crippen MR) is 188 cm³/mol. The Balaban J connectivity index is 1.79. The molecule has 2 aromatic carbocycles. The monoisotopic (exact) mass is 727 g/mol. The number of carbonyl (C=O) groups excluding carboxylic acids is 3. The van der Waals surface area contributed by atoms with Crippen molar-refractivity contribution in [2.75, 3.05) is 17.7 Å². The van der Waals surface area contributed by atoms with Gasteiger partial charge in [-0.15, -0.1) is 6.42 Å². The van der Waals surface area contributed by atoms with E-state index in [1.165, 1.54) is 16.7 Å². The van der Waals surface area contributed by atoms with Crippen molar-refractivity contribution >= 4 is 50.4 Å². The van der Waals surface area contributed by atoms with Crippen LogP contribution in [0.5, 0.6) is 0 Å². The van der Waals surface area contributed by atoms with Crippen LogP contribution in [-0.4, -0.2) is 65.7 Å². The third-order valence-corrected chi connectivity index (χ3v) is 8.39. The van der Waals surface area contributed by atoms with Crippen LogP contribution in [0.3, 0.4) is 0 Å². The number of nitrogens with zero attached hydrogens (tertiary/aromatic N) is 3. The molecule has 0 spiro atoms. The van der Waals surface area contributed by atoms with Crippen LogP contribution >= 0.6 is 0 Å². The lowest BCUT2D eigenvalue weighted by molar-refractivity contribution is -0.157. The number of unbranched alkanes of at least 4 members (excludes halogenated alkanes) is 1. The Kier molecular flexibility index (Phi) is 13.1. The van der Waals surface area contributed by atoms with Gasteiger partial charge in [0.1, 0.15) is 17.7 Å². The second-order valence-corrected chi connectivity index (χ2v) is 14.9. The first-order chi connectivity index (χ1) is 23.7. The summed E-state index contributed by atoms with van der Waals surface area (Å²) in [6.07, 6.45) is 6.54. The van der Waals surface area contributed by atoms with E-state index in [1.807, 2.05) is 11.6 Å². The van der Waals surface area contributed by atoms with Gasteiger partial charge in [0.15, 0.2) is 6.73 Å². The molecule has 2 amide bonds. The van der Waals surface area contributed by atoms with E-state index in [0.717, 1.165) is 17.9 Å². The molecule has 14 nitrogen and oxygen atoms in total. The van der Waals surface area contributed by atoms with Crippen molar-refractivity contribution in [3.8, 4) is 12.3 Å². The van der Waals surface area contributed by atoms with Crippen LogP contribution in [0.2, 0.25) is 0 Å². The van der Waals surface area contributed by atoms with Gasteiger partial charge in [-0.25, -0.2) is 22.6 Å². The van der Waals surface area contributed by atoms with Crippen molar-refractivity contribution in [3.05, 3.63) is 69.0 Å². The van der Waals surface area contributed by atoms with Crippen molar-refractivity contribution in [1.82, 2.24) is 19.6 Å². The molecule has 0 saturated carbocycles. The molecule has 3 aromatic rings. The highest BCUT2D eigenvalue weighted by Crippen LogP contribution is 2.24. The molecule has 1 atom stereocenters. The maximum atomic E-state index is 15.4. The Hall–Kier alpha value is -5.30. The summed E-state index contributed by atoms with van der Waals surface area (Å²) in [6, 6.07) is 5.78. The second-order valence-electron chi connectivity index (χ2n) is 13.1. The number of terminal acetylenes is 1. The van der Waals surface area contributed by atoms with Crippen molar-refractivity contribution < 1.29 is 41.8 Å². The summed E-state index contributed by atoms with van der Waals surface area (Å²) in [5.74, 6) is -1.60. The number of benzene rings is 2. The standard InChI is InChI=1S/C35H42FN5O9S/c1-8-15-40(19-23-17-26-29(16-21(23)2)37-22(3)41(32(26)44)20-50-34(47)35(4,5)6)24-13-14-25(27(36)18-24)31(43)38-28(33(45)46)11-9-10-12-30(42)39-51(7,48)49/h1,13-14,16-18,28H,9-12,15,19-20H2,2-7H3,(H,38,43)(H,39,42)(H,45,46)/t28-/m0/s1. The smallest absolute Gasteiger partial charge is 0.326 e. The van der Waals surface area contributed by atoms with E-state index in [4.69, 9.17) is 11.2 Å². The molecule has 1 aromatic heterocycles. The fourth-order valence-electron chi connectivity index (χ4n) is 5.01. The zero-order valence-electron chi connectivity index (χ0n) is 29.3. The molecule has 51 heavy (non-hydrogen) atoms. The van der Waals surface area contributed by atoms with Gasteiger partial charge in [0.05, 0.1) is 34.7 Å². The first-order valence-electron chi connectivity index (χ1n) is 15.9. The minimum Gasteiger partial charge on any atom is -0.480 e. The number of fused-ring (bicyclic) bond motifs is 1. The van der Waals surface area contributed by atoms with Gasteiger partial charge in [0.2, 0.25) is 15.9 Å². The number of halogens is 1. The van der Waals surface area contributed by atoms with Gasteiger partial charge in [0.25, 0.3) is 11.5 Å². The van der Waals surface area contributed by atoms with E-state index in [1.54, 1.807) is 44.7 Å². The number of amides is 2. The van der Waals surface area contributed by atoms with Crippen LogP contribution in [0.1, 0.15) is 73.8 Å². The third kappa shape index (κ3) is 11.1. The number of carboxylic acid groups (broad SMARTS) is 1. The average molecular weight is 728 g/mol. The molecule has 0 radical (unpaired) electrons. The minimum atomic E-state index is -3.72. The Morgan fingerprint density at radius 2 is 1.82 bits per heavy atom. The Labute approximate surface area is 295 Å². The third-order valence-electron chi connectivity index (χ3n) is 7.79. The van der Waals surface area contributed by atoms with Crippen LogP contribution in [0, 0.1) is 37.4 Å². The average Bonchev–Trinajstić information content (AvgIpc) is 3.01. The van der Waals surface area contributed by atoms with Crippen molar-refractivity contribution in [1.29, 1.82) is 0 Å². The van der Waals surface area contributed by atoms with Crippen molar-refractivity contribution in [2.24, 2.45) is 5.41 Å². The summed E-state index contributed by atoms with van der Waals surface area (Å²) in [5.41, 5.74) is 0.633. The number of aromatic nitrogens is 2. The molecule has 0 bridgehead atoms. The summed E-state index contributed by atoms with van der Waals surface area (Å²) in [5, 5.41) is 12.2. The number of carbonyl (C=O) groups is 4. The van der Waals surface area contributed by atoms with Gasteiger partial charge in [0, 0.05) is 18.7 Å². The van der Waals surface area contributed by atoms with Gasteiger partial charge in [-0.3, -0.25) is 28.5 Å². The highest BCUT2D eigenvalue weighted by atomic mass is 32.2. The van der Waals surface area contributed by atoms with Gasteiger partial charge in [-0.1, -0.05) is 12.3 Å². The first kappa shape index (κ1) is 40.1. The number of aryl methyl sites for hydroxylation is 2. The maximum absolute atomic E-state index is 15.4. The molecule has 16 heteroatoms. The number of sulfonamides is 1. The molecule has 0 aliphatic heterocycles. The number of aliphatic carboxylic acids is 1. The van der Waals surface area contributed by atoms with Crippen molar-refractivity contribution in [2.45, 2.75) is 79.6 Å². The number of esters is 1. The summed E-state index contributed by atoms with van der Waals surface area (Å²) < 4.78 is 46.1. The lowest BCUT2D eigenvalue weighted by Crippen LogP contribution is -2.41. The van der Waals surface area contributed by atoms with Gasteiger partial charge in [-0.05, 0) is 88.9 Å². The fraction of sp³-hybridized carbons (Fsp3) is 0.429. The molecule has 1 heterocycles. The molecular formula is C35H42FN5O9S. The van der Waals surface area contributed by atoms with Crippen LogP contribution in [0.25, 0.3) is 10.9 Å². The molecule has 0 fully saturated rings. The van der Waals surface area contributed by atoms with E-state index in [9.17, 15) is 37.5 Å². The SMILES string of the molecule is C#CCN(Cc1cc2c(=O)n(COC(=O)C(C)(C)C)c(C)nc2cc1C)c1ccc(C(=O)N[C@@H](CCCCC(=O)NS(C)(=O)=O)C(=O)O)c(F)c1.